The van der Waals surface area contributed by atoms with Crippen LogP contribution in [-0.4, -0.2) is 66.6 Å². The lowest BCUT2D eigenvalue weighted by molar-refractivity contribution is 0.0526. The molecule has 1 aliphatic heterocycles. The van der Waals surface area contributed by atoms with Crippen molar-refractivity contribution in [3.05, 3.63) is 59.7 Å². The maximum Gasteiger partial charge on any atom is 0.339 e. The summed E-state index contributed by atoms with van der Waals surface area (Å²) in [5.41, 5.74) is 1.40. The van der Waals surface area contributed by atoms with Crippen LogP contribution in [-0.2, 0) is 11.3 Å². The number of amides is 2. The predicted molar refractivity (Wildman–Crippen MR) is 107 cm³/mol. The number of carbonyl (C=O) groups is 2. The van der Waals surface area contributed by atoms with Gasteiger partial charge < -0.3 is 14.5 Å². The first-order valence-electron chi connectivity index (χ1n) is 9.60. The second-order valence-corrected chi connectivity index (χ2v) is 6.90. The Hall–Kier alpha value is -3.00. The van der Waals surface area contributed by atoms with E-state index in [1.54, 1.807) is 36.1 Å². The summed E-state index contributed by atoms with van der Waals surface area (Å²) in [6.07, 6.45) is 1.43. The average Bonchev–Trinajstić information content (AvgIpc) is 2.72. The number of piperazine rings is 1. The van der Waals surface area contributed by atoms with Gasteiger partial charge in [-0.2, -0.15) is 0 Å². The molecule has 0 N–H and O–H groups in total. The molecule has 29 heavy (non-hydrogen) atoms. The van der Waals surface area contributed by atoms with Gasteiger partial charge in [-0.15, -0.1) is 0 Å². The Kier molecular flexibility index (Phi) is 6.77. The molecular weight excluding hydrogens is 375 g/mol. The van der Waals surface area contributed by atoms with Gasteiger partial charge in [-0.1, -0.05) is 6.07 Å². The molecule has 0 bridgehead atoms. The summed E-state index contributed by atoms with van der Waals surface area (Å²) in [4.78, 5) is 34.7. The fraction of sp³-hybridized carbons (Fsp3) is 0.381. The van der Waals surface area contributed by atoms with Crippen LogP contribution in [0.3, 0.4) is 0 Å². The zero-order valence-corrected chi connectivity index (χ0v) is 16.7. The summed E-state index contributed by atoms with van der Waals surface area (Å²) in [6, 6.07) is 9.05. The fourth-order valence-corrected chi connectivity index (χ4v) is 3.10. The van der Waals surface area contributed by atoms with Crippen LogP contribution in [0, 0.1) is 5.82 Å². The van der Waals surface area contributed by atoms with Gasteiger partial charge in [-0.25, -0.2) is 14.0 Å². The zero-order chi connectivity index (χ0) is 20.8. The normalized spacial score (nSPS) is 14.5. The molecule has 8 heteroatoms. The number of esters is 1. The summed E-state index contributed by atoms with van der Waals surface area (Å²) in [5.74, 6) is -0.855. The molecule has 2 aromatic rings. The third-order valence-corrected chi connectivity index (χ3v) is 4.78. The number of likely N-dealkylation sites (N-methyl/N-ethyl adjacent to an activating group) is 1. The minimum Gasteiger partial charge on any atom is -0.462 e. The van der Waals surface area contributed by atoms with Crippen LogP contribution in [0.25, 0.3) is 0 Å². The van der Waals surface area contributed by atoms with Gasteiger partial charge in [0, 0.05) is 38.1 Å². The number of halogens is 1. The second kappa shape index (κ2) is 9.47. The van der Waals surface area contributed by atoms with Gasteiger partial charge in [-0.3, -0.25) is 9.88 Å². The first-order chi connectivity index (χ1) is 14.0. The molecule has 7 nitrogen and oxygen atoms in total. The van der Waals surface area contributed by atoms with E-state index in [1.165, 1.54) is 23.2 Å². The molecule has 2 heterocycles. The summed E-state index contributed by atoms with van der Waals surface area (Å²) in [5, 5.41) is 0. The lowest BCUT2D eigenvalue weighted by Gasteiger charge is -2.36. The third-order valence-electron chi connectivity index (χ3n) is 4.78. The smallest absolute Gasteiger partial charge is 0.339 e. The molecule has 1 saturated heterocycles. The van der Waals surface area contributed by atoms with E-state index in [1.807, 2.05) is 7.05 Å². The lowest BCUT2D eigenvalue weighted by Crippen LogP contribution is -2.52. The van der Waals surface area contributed by atoms with Crippen molar-refractivity contribution < 1.29 is 18.7 Å². The summed E-state index contributed by atoms with van der Waals surface area (Å²) in [7, 11) is 2.02. The van der Waals surface area contributed by atoms with Gasteiger partial charge in [-0.05, 0) is 44.3 Å². The molecule has 1 aliphatic rings. The Morgan fingerprint density at radius 1 is 1.17 bits per heavy atom. The van der Waals surface area contributed by atoms with Crippen LogP contribution < -0.4 is 4.90 Å². The van der Waals surface area contributed by atoms with Crippen LogP contribution in [0.2, 0.25) is 0 Å². The van der Waals surface area contributed by atoms with E-state index >= 15 is 0 Å². The van der Waals surface area contributed by atoms with Gasteiger partial charge in [0.1, 0.15) is 5.82 Å². The maximum absolute atomic E-state index is 13.8. The van der Waals surface area contributed by atoms with E-state index in [4.69, 9.17) is 4.74 Å². The number of hydrogen-bond donors (Lipinski definition) is 0. The van der Waals surface area contributed by atoms with E-state index in [0.29, 0.717) is 30.0 Å². The van der Waals surface area contributed by atoms with E-state index in [2.05, 4.69) is 9.88 Å². The largest absolute Gasteiger partial charge is 0.462 e. The van der Waals surface area contributed by atoms with Crippen molar-refractivity contribution in [3.63, 3.8) is 0 Å². The SMILES string of the molecule is CCOC(=O)c1ccc(CN(C(=O)N2CCN(C)CC2)c2cccc(F)c2)nc1. The van der Waals surface area contributed by atoms with Gasteiger partial charge in [0.2, 0.25) is 0 Å². The fourth-order valence-electron chi connectivity index (χ4n) is 3.10. The summed E-state index contributed by atoms with van der Waals surface area (Å²) < 4.78 is 18.8. The summed E-state index contributed by atoms with van der Waals surface area (Å²) >= 11 is 0. The Bertz CT molecular complexity index is 851. The highest BCUT2D eigenvalue weighted by atomic mass is 19.1. The monoisotopic (exact) mass is 400 g/mol. The maximum atomic E-state index is 13.8. The van der Waals surface area contributed by atoms with Crippen molar-refractivity contribution in [2.45, 2.75) is 13.5 Å². The van der Waals surface area contributed by atoms with Crippen LogP contribution in [0.5, 0.6) is 0 Å². The Morgan fingerprint density at radius 2 is 1.93 bits per heavy atom. The second-order valence-electron chi connectivity index (χ2n) is 6.90. The number of carbonyl (C=O) groups excluding carboxylic acids is 2. The third kappa shape index (κ3) is 5.29. The van der Waals surface area contributed by atoms with Crippen molar-refractivity contribution in [2.75, 3.05) is 44.7 Å². The first-order valence-corrected chi connectivity index (χ1v) is 9.60. The van der Waals surface area contributed by atoms with Gasteiger partial charge in [0.25, 0.3) is 0 Å². The molecule has 1 aromatic carbocycles. The van der Waals surface area contributed by atoms with Gasteiger partial charge >= 0.3 is 12.0 Å². The molecule has 3 rings (SSSR count). The molecule has 1 fully saturated rings. The summed E-state index contributed by atoms with van der Waals surface area (Å²) in [6.45, 7) is 4.98. The van der Waals surface area contributed by atoms with Crippen LogP contribution in [0.15, 0.2) is 42.6 Å². The Balaban J connectivity index is 1.81. The molecule has 0 radical (unpaired) electrons. The number of pyridine rings is 1. The zero-order valence-electron chi connectivity index (χ0n) is 16.7. The highest BCUT2D eigenvalue weighted by Gasteiger charge is 2.26. The number of urea groups is 1. The molecule has 0 saturated carbocycles. The molecular formula is C21H25FN4O3. The Labute approximate surface area is 169 Å². The quantitative estimate of drug-likeness (QED) is 0.722. The molecule has 1 aromatic heterocycles. The molecule has 0 atom stereocenters. The van der Waals surface area contributed by atoms with Crippen LogP contribution >= 0.6 is 0 Å². The number of aromatic nitrogens is 1. The number of rotatable bonds is 5. The van der Waals surface area contributed by atoms with Crippen molar-refractivity contribution in [1.29, 1.82) is 0 Å². The molecule has 154 valence electrons. The minimum absolute atomic E-state index is 0.164. The number of benzene rings is 1. The molecule has 2 amide bonds. The highest BCUT2D eigenvalue weighted by molar-refractivity contribution is 5.92. The standard InChI is InChI=1S/C21H25FN4O3/c1-3-29-20(27)16-7-8-18(23-14-16)15-26(19-6-4-5-17(22)13-19)21(28)25-11-9-24(2)10-12-25/h4-8,13-14H,3,9-12,15H2,1-2H3. The Morgan fingerprint density at radius 3 is 2.55 bits per heavy atom. The number of anilines is 1. The van der Waals surface area contributed by atoms with E-state index in [0.717, 1.165) is 13.1 Å². The average molecular weight is 400 g/mol. The van der Waals surface area contributed by atoms with Crippen LogP contribution in [0.4, 0.5) is 14.9 Å². The van der Waals surface area contributed by atoms with Gasteiger partial charge in [0.05, 0.1) is 24.4 Å². The molecule has 0 aliphatic carbocycles. The van der Waals surface area contributed by atoms with Gasteiger partial charge in [0.15, 0.2) is 0 Å². The topological polar surface area (TPSA) is 66.0 Å². The van der Waals surface area contributed by atoms with E-state index in [-0.39, 0.29) is 19.2 Å². The van der Waals surface area contributed by atoms with Crippen molar-refractivity contribution in [1.82, 2.24) is 14.8 Å². The van der Waals surface area contributed by atoms with Crippen molar-refractivity contribution in [3.8, 4) is 0 Å². The van der Waals surface area contributed by atoms with Crippen LogP contribution in [0.1, 0.15) is 23.0 Å². The minimum atomic E-state index is -0.443. The molecule has 0 unspecified atom stereocenters. The number of nitrogens with zero attached hydrogens (tertiary/aromatic N) is 4. The van der Waals surface area contributed by atoms with Crippen molar-refractivity contribution in [2.24, 2.45) is 0 Å². The first kappa shape index (κ1) is 20.7. The lowest BCUT2D eigenvalue weighted by atomic mass is 10.2. The van der Waals surface area contributed by atoms with Crippen molar-refractivity contribution >= 4 is 17.7 Å². The molecule has 0 spiro atoms. The van der Waals surface area contributed by atoms with E-state index < -0.39 is 11.8 Å². The number of ether oxygens (including phenoxy) is 1. The number of hydrogen-bond acceptors (Lipinski definition) is 5. The van der Waals surface area contributed by atoms with E-state index in [9.17, 15) is 14.0 Å². The highest BCUT2D eigenvalue weighted by Crippen LogP contribution is 2.21. The predicted octanol–water partition coefficient (Wildman–Crippen LogP) is 2.77.